The number of isocyanates is 1. The molecule has 0 N–H and O–H groups in total. The van der Waals surface area contributed by atoms with Crippen molar-refractivity contribution in [2.24, 2.45) is 0 Å². The highest BCUT2D eigenvalue weighted by Crippen LogP contribution is 0.949. The first-order valence-corrected chi connectivity index (χ1v) is 0.428. The van der Waals surface area contributed by atoms with Gasteiger partial charge in [0.05, 0.1) is 0 Å². The van der Waals surface area contributed by atoms with Gasteiger partial charge in [-0.1, -0.05) is 0 Å². The van der Waals surface area contributed by atoms with Crippen LogP contribution in [-0.2, 0) is 4.79 Å². The lowest BCUT2D eigenvalue weighted by atomic mass is 11.7. The molecule has 0 aromatic rings. The normalized spacial score (nSPS) is 2.00. The Labute approximate surface area is 34.1 Å². The van der Waals surface area contributed by atoms with Crippen LogP contribution in [0.2, 0.25) is 0 Å². The molecular formula is CBrNO-. The number of rotatable bonds is 0. The lowest BCUT2D eigenvalue weighted by Gasteiger charge is -1.32. The molecule has 0 aromatic heterocycles. The zero-order valence-corrected chi connectivity index (χ0v) is 3.32. The summed E-state index contributed by atoms with van der Waals surface area (Å²) >= 11 is 0. The van der Waals surface area contributed by atoms with E-state index in [-0.39, 0.29) is 17.0 Å². The van der Waals surface area contributed by atoms with E-state index < -0.39 is 0 Å². The van der Waals surface area contributed by atoms with Crippen LogP contribution in [0, 0.1) is 0 Å². The van der Waals surface area contributed by atoms with E-state index in [1.54, 1.807) is 0 Å². The van der Waals surface area contributed by atoms with Crippen molar-refractivity contribution < 1.29 is 4.79 Å². The molecule has 0 unspecified atom stereocenters. The van der Waals surface area contributed by atoms with Crippen LogP contribution in [0.5, 0.6) is 0 Å². The van der Waals surface area contributed by atoms with Crippen molar-refractivity contribution in [2.45, 2.75) is 0 Å². The van der Waals surface area contributed by atoms with Crippen LogP contribution in [0.1, 0.15) is 0 Å². The van der Waals surface area contributed by atoms with Crippen molar-refractivity contribution in [3.05, 3.63) is 5.41 Å². The van der Waals surface area contributed by atoms with E-state index in [9.17, 15) is 0 Å². The molecule has 2 nitrogen and oxygen atoms in total. The van der Waals surface area contributed by atoms with Crippen LogP contribution in [-0.4, -0.2) is 6.08 Å². The molecule has 0 saturated heterocycles. The Balaban J connectivity index is 0. The molecule has 0 fully saturated rings. The van der Waals surface area contributed by atoms with E-state index >= 15 is 0 Å². The average Bonchev–Trinajstić information content (AvgIpc) is 0.918. The van der Waals surface area contributed by atoms with Gasteiger partial charge in [0, 0.05) is 17.0 Å². The van der Waals surface area contributed by atoms with Gasteiger partial charge in [0.1, 0.15) is 0 Å². The summed E-state index contributed by atoms with van der Waals surface area (Å²) in [7, 11) is 0. The van der Waals surface area contributed by atoms with Gasteiger partial charge in [0.2, 0.25) is 0 Å². The Morgan fingerprint density at radius 1 is 1.75 bits per heavy atom. The average molecular weight is 122 g/mol. The largest absolute Gasteiger partial charge is 0.724 e. The van der Waals surface area contributed by atoms with E-state index in [0.717, 1.165) is 0 Å². The van der Waals surface area contributed by atoms with E-state index in [4.69, 9.17) is 10.2 Å². The smallest absolute Gasteiger partial charge is 0 e. The summed E-state index contributed by atoms with van der Waals surface area (Å²) in [5.41, 5.74) is 0. The van der Waals surface area contributed by atoms with Gasteiger partial charge in [0.25, 0.3) is 0 Å². The number of hydrogen-bond acceptors (Lipinski definition) is 1. The van der Waals surface area contributed by atoms with Crippen LogP contribution >= 0.6 is 17.0 Å². The van der Waals surface area contributed by atoms with Gasteiger partial charge in [-0.3, -0.25) is 4.79 Å². The van der Waals surface area contributed by atoms with E-state index in [1.165, 1.54) is 0 Å². The van der Waals surface area contributed by atoms with Gasteiger partial charge >= 0.3 is 0 Å². The first-order chi connectivity index (χ1) is 1.41. The number of hydrogen-bond donors (Lipinski definition) is 0. The second kappa shape index (κ2) is 13.4. The summed E-state index contributed by atoms with van der Waals surface area (Å²) in [6.45, 7) is 0. The molecule has 0 aliphatic rings. The highest BCUT2D eigenvalue weighted by molar-refractivity contribution is 8.93. The van der Waals surface area contributed by atoms with Gasteiger partial charge in [-0.2, -0.15) is 0 Å². The Morgan fingerprint density at radius 3 is 1.75 bits per heavy atom. The molecular weight excluding hydrogens is 122 g/mol. The standard InChI is InChI=1S/CNO.Br/c2-1-3;/q-1;. The van der Waals surface area contributed by atoms with Crippen molar-refractivity contribution in [3.8, 4) is 0 Å². The summed E-state index contributed by atoms with van der Waals surface area (Å²) in [6, 6.07) is 0. The quantitative estimate of drug-likeness (QED) is 0.345. The molecule has 0 heterocycles. The summed E-state index contributed by atoms with van der Waals surface area (Å²) < 4.78 is 0. The monoisotopic (exact) mass is 121 g/mol. The molecule has 0 aliphatic heterocycles. The van der Waals surface area contributed by atoms with Crippen molar-refractivity contribution >= 4 is 23.1 Å². The Morgan fingerprint density at radius 2 is 1.75 bits per heavy atom. The maximum absolute atomic E-state index is 8.24. The fourth-order valence-electron chi connectivity index (χ4n) is 0. The fraction of sp³-hybridized carbons (Fsp3) is 0. The maximum Gasteiger partial charge on any atom is 0 e. The predicted molar refractivity (Wildman–Crippen MR) is 18.0 cm³/mol. The Kier molecular flexibility index (Phi) is 30.5. The van der Waals surface area contributed by atoms with Crippen LogP contribution in [0.3, 0.4) is 0 Å². The third-order valence-corrected chi connectivity index (χ3v) is 0. The lowest BCUT2D eigenvalue weighted by Crippen LogP contribution is -1.13. The fourth-order valence-corrected chi connectivity index (χ4v) is 0. The SMILES string of the molecule is [Br].[N-]=C=O. The van der Waals surface area contributed by atoms with E-state index in [0.29, 0.717) is 6.08 Å². The first kappa shape index (κ1) is 9.13. The van der Waals surface area contributed by atoms with Crippen molar-refractivity contribution in [3.63, 3.8) is 0 Å². The predicted octanol–water partition coefficient (Wildman–Crippen LogP) is 0.737. The minimum Gasteiger partial charge on any atom is -0.724 e. The minimum atomic E-state index is 0. The number of halogens is 1. The van der Waals surface area contributed by atoms with Gasteiger partial charge in [-0.05, 0) is 6.08 Å². The molecule has 3 heteroatoms. The van der Waals surface area contributed by atoms with Gasteiger partial charge in [0.15, 0.2) is 0 Å². The molecule has 0 rings (SSSR count). The highest BCUT2D eigenvalue weighted by Gasteiger charge is 0.791. The minimum absolute atomic E-state index is 0. The molecule has 0 atom stereocenters. The zero-order chi connectivity index (χ0) is 2.71. The summed E-state index contributed by atoms with van der Waals surface area (Å²) in [5, 5.41) is 6.76. The second-order valence-electron chi connectivity index (χ2n) is 0.0913. The van der Waals surface area contributed by atoms with Gasteiger partial charge in [-0.15, -0.1) is 0 Å². The molecule has 0 bridgehead atoms. The van der Waals surface area contributed by atoms with E-state index in [2.05, 4.69) is 0 Å². The van der Waals surface area contributed by atoms with Crippen molar-refractivity contribution in [1.29, 1.82) is 0 Å². The Hall–Kier alpha value is -0.140. The summed E-state index contributed by atoms with van der Waals surface area (Å²) in [5.74, 6) is 0. The Bertz CT molecular complexity index is 29.0. The molecule has 23 valence electrons. The van der Waals surface area contributed by atoms with Crippen molar-refractivity contribution in [2.75, 3.05) is 0 Å². The summed E-state index contributed by atoms with van der Waals surface area (Å²) in [4.78, 5) is 8.24. The molecule has 4 heavy (non-hydrogen) atoms. The molecule has 0 spiro atoms. The third kappa shape index (κ3) is 70.2. The second-order valence-corrected chi connectivity index (χ2v) is 0.0913. The lowest BCUT2D eigenvalue weighted by molar-refractivity contribution is 0.569. The van der Waals surface area contributed by atoms with Gasteiger partial charge < -0.3 is 5.41 Å². The van der Waals surface area contributed by atoms with Crippen LogP contribution in [0.25, 0.3) is 5.41 Å². The molecule has 0 saturated carbocycles. The maximum atomic E-state index is 8.24. The molecule has 0 amide bonds. The summed E-state index contributed by atoms with van der Waals surface area (Å²) in [6.07, 6.45) is 0.500. The topological polar surface area (TPSA) is 39.4 Å². The highest BCUT2D eigenvalue weighted by atomic mass is 79.9. The number of carbonyl (C=O) groups excluding carboxylic acids is 1. The van der Waals surface area contributed by atoms with E-state index in [1.807, 2.05) is 0 Å². The van der Waals surface area contributed by atoms with Gasteiger partial charge in [-0.25, -0.2) is 0 Å². The van der Waals surface area contributed by atoms with Crippen LogP contribution in [0.15, 0.2) is 0 Å². The number of nitrogens with zero attached hydrogens (tertiary/aromatic N) is 1. The van der Waals surface area contributed by atoms with Crippen LogP contribution < -0.4 is 0 Å². The zero-order valence-electron chi connectivity index (χ0n) is 1.73. The third-order valence-electron chi connectivity index (χ3n) is 0. The molecule has 0 aliphatic carbocycles. The van der Waals surface area contributed by atoms with Crippen molar-refractivity contribution in [1.82, 2.24) is 0 Å². The first-order valence-electron chi connectivity index (χ1n) is 0.428. The van der Waals surface area contributed by atoms with Crippen LogP contribution in [0.4, 0.5) is 0 Å². The molecule has 0 aromatic carbocycles. The molecule has 1 radical (unpaired) electrons.